The van der Waals surface area contributed by atoms with Crippen molar-refractivity contribution in [1.82, 2.24) is 4.90 Å². The smallest absolute Gasteiger partial charge is 0.335 e. The molecule has 0 aromatic heterocycles. The molecule has 0 radical (unpaired) electrons. The fourth-order valence-electron chi connectivity index (χ4n) is 2.80. The van der Waals surface area contributed by atoms with E-state index in [1.54, 1.807) is 4.90 Å². The van der Waals surface area contributed by atoms with E-state index in [9.17, 15) is 14.7 Å². The van der Waals surface area contributed by atoms with E-state index in [2.05, 4.69) is 15.9 Å². The summed E-state index contributed by atoms with van der Waals surface area (Å²) in [6.45, 7) is 1.79. The number of nitrogens with zero attached hydrogens (tertiary/aromatic N) is 1. The van der Waals surface area contributed by atoms with Gasteiger partial charge in [-0.15, -0.1) is 0 Å². The molecule has 2 unspecified atom stereocenters. The summed E-state index contributed by atoms with van der Waals surface area (Å²) in [4.78, 5) is 25.4. The number of carbonyl (C=O) groups excluding carboxylic acids is 1. The minimum absolute atomic E-state index is 0.124. The lowest BCUT2D eigenvalue weighted by Crippen LogP contribution is -2.52. The standard InChI is InChI=1S/C15H16BrNO4/c1-8-6-9(2-5-11(8)16)13-14(15(19)20)21-7-12(18)17(13)10-3-4-10/h2,5-6,10,13-14H,3-4,7H2,1H3,(H,19,20). The quantitative estimate of drug-likeness (QED) is 0.904. The second-order valence-corrected chi connectivity index (χ2v) is 6.41. The normalized spacial score (nSPS) is 26.0. The Morgan fingerprint density at radius 2 is 2.14 bits per heavy atom. The van der Waals surface area contributed by atoms with E-state index in [4.69, 9.17) is 4.74 Å². The number of halogens is 1. The summed E-state index contributed by atoms with van der Waals surface area (Å²) in [6, 6.07) is 5.25. The van der Waals surface area contributed by atoms with E-state index in [1.807, 2.05) is 25.1 Å². The summed E-state index contributed by atoms with van der Waals surface area (Å²) in [5, 5.41) is 9.43. The number of benzene rings is 1. The lowest BCUT2D eigenvalue weighted by atomic mass is 9.96. The number of aryl methyl sites for hydroxylation is 1. The van der Waals surface area contributed by atoms with Crippen LogP contribution in [0, 0.1) is 6.92 Å². The lowest BCUT2D eigenvalue weighted by Gasteiger charge is -2.40. The van der Waals surface area contributed by atoms with Crippen molar-refractivity contribution in [3.63, 3.8) is 0 Å². The van der Waals surface area contributed by atoms with Gasteiger partial charge in [0.15, 0.2) is 6.10 Å². The minimum Gasteiger partial charge on any atom is -0.479 e. The molecule has 1 heterocycles. The van der Waals surface area contributed by atoms with Gasteiger partial charge in [0.05, 0.1) is 6.04 Å². The molecular weight excluding hydrogens is 338 g/mol. The number of carboxylic acid groups (broad SMARTS) is 1. The maximum atomic E-state index is 12.2. The summed E-state index contributed by atoms with van der Waals surface area (Å²) < 4.78 is 6.25. The fraction of sp³-hybridized carbons (Fsp3) is 0.467. The van der Waals surface area contributed by atoms with Crippen molar-refractivity contribution >= 4 is 27.8 Å². The highest BCUT2D eigenvalue weighted by Gasteiger charge is 2.47. The van der Waals surface area contributed by atoms with Gasteiger partial charge in [0.2, 0.25) is 5.91 Å². The molecular formula is C15H16BrNO4. The number of aliphatic carboxylic acids is 1. The zero-order valence-electron chi connectivity index (χ0n) is 11.6. The topological polar surface area (TPSA) is 66.8 Å². The number of hydrogen-bond donors (Lipinski definition) is 1. The van der Waals surface area contributed by atoms with Crippen molar-refractivity contribution in [2.24, 2.45) is 0 Å². The molecule has 1 saturated carbocycles. The number of hydrogen-bond acceptors (Lipinski definition) is 3. The second-order valence-electron chi connectivity index (χ2n) is 5.56. The van der Waals surface area contributed by atoms with Crippen LogP contribution in [0.15, 0.2) is 22.7 Å². The third kappa shape index (κ3) is 2.70. The summed E-state index contributed by atoms with van der Waals surface area (Å²) in [5.41, 5.74) is 1.81. The number of amides is 1. The Balaban J connectivity index is 2.03. The van der Waals surface area contributed by atoms with Gasteiger partial charge in [-0.2, -0.15) is 0 Å². The van der Waals surface area contributed by atoms with Crippen LogP contribution >= 0.6 is 15.9 Å². The third-order valence-corrected chi connectivity index (χ3v) is 4.86. The van der Waals surface area contributed by atoms with Gasteiger partial charge in [0.1, 0.15) is 6.61 Å². The van der Waals surface area contributed by atoms with E-state index in [1.165, 1.54) is 0 Å². The Bertz CT molecular complexity index is 599. The first-order valence-corrected chi connectivity index (χ1v) is 7.70. The van der Waals surface area contributed by atoms with Crippen molar-refractivity contribution in [3.05, 3.63) is 33.8 Å². The predicted octanol–water partition coefficient (Wildman–Crippen LogP) is 2.27. The molecule has 1 amide bonds. The summed E-state index contributed by atoms with van der Waals surface area (Å²) >= 11 is 3.44. The van der Waals surface area contributed by atoms with Crippen molar-refractivity contribution in [1.29, 1.82) is 0 Å². The van der Waals surface area contributed by atoms with Crippen LogP contribution in [0.1, 0.15) is 30.0 Å². The van der Waals surface area contributed by atoms with Gasteiger partial charge in [-0.1, -0.05) is 28.1 Å². The summed E-state index contributed by atoms with van der Waals surface area (Å²) in [6.07, 6.45) is 0.859. The van der Waals surface area contributed by atoms with Gasteiger partial charge < -0.3 is 14.7 Å². The Kier molecular flexibility index (Phi) is 3.75. The van der Waals surface area contributed by atoms with Crippen LogP contribution < -0.4 is 0 Å². The minimum atomic E-state index is -1.03. The number of rotatable bonds is 3. The number of carboxylic acids is 1. The first-order chi connectivity index (χ1) is 9.99. The maximum Gasteiger partial charge on any atom is 0.335 e. The van der Waals surface area contributed by atoms with Crippen molar-refractivity contribution < 1.29 is 19.4 Å². The van der Waals surface area contributed by atoms with E-state index in [0.717, 1.165) is 28.4 Å². The molecule has 0 spiro atoms. The van der Waals surface area contributed by atoms with E-state index in [0.29, 0.717) is 0 Å². The Labute approximate surface area is 131 Å². The predicted molar refractivity (Wildman–Crippen MR) is 78.9 cm³/mol. The van der Waals surface area contributed by atoms with Crippen LogP contribution in [0.2, 0.25) is 0 Å². The van der Waals surface area contributed by atoms with Gasteiger partial charge in [-0.05, 0) is 37.0 Å². The van der Waals surface area contributed by atoms with Crippen molar-refractivity contribution in [2.75, 3.05) is 6.61 Å². The molecule has 2 atom stereocenters. The van der Waals surface area contributed by atoms with Gasteiger partial charge in [-0.3, -0.25) is 4.79 Å². The Morgan fingerprint density at radius 1 is 1.43 bits per heavy atom. The second kappa shape index (κ2) is 5.42. The zero-order chi connectivity index (χ0) is 15.1. The molecule has 5 nitrogen and oxygen atoms in total. The molecule has 112 valence electrons. The highest BCUT2D eigenvalue weighted by Crippen LogP contribution is 2.40. The molecule has 0 bridgehead atoms. The molecule has 1 aromatic rings. The summed E-state index contributed by atoms with van der Waals surface area (Å²) in [5.74, 6) is -1.15. The largest absolute Gasteiger partial charge is 0.479 e. The van der Waals surface area contributed by atoms with Gasteiger partial charge >= 0.3 is 5.97 Å². The first-order valence-electron chi connectivity index (χ1n) is 6.90. The van der Waals surface area contributed by atoms with Gasteiger partial charge in [0.25, 0.3) is 0 Å². The molecule has 1 aliphatic carbocycles. The molecule has 1 saturated heterocycles. The van der Waals surface area contributed by atoms with Crippen LogP contribution in [0.5, 0.6) is 0 Å². The first kappa shape index (κ1) is 14.5. The molecule has 2 aliphatic rings. The zero-order valence-corrected chi connectivity index (χ0v) is 13.2. The molecule has 21 heavy (non-hydrogen) atoms. The van der Waals surface area contributed by atoms with Crippen LogP contribution in [0.3, 0.4) is 0 Å². The maximum absolute atomic E-state index is 12.2. The highest BCUT2D eigenvalue weighted by atomic mass is 79.9. The van der Waals surface area contributed by atoms with E-state index < -0.39 is 18.1 Å². The number of morpholine rings is 1. The van der Waals surface area contributed by atoms with Crippen LogP contribution in [0.4, 0.5) is 0 Å². The van der Waals surface area contributed by atoms with Crippen LogP contribution in [-0.4, -0.2) is 40.6 Å². The monoisotopic (exact) mass is 353 g/mol. The lowest BCUT2D eigenvalue weighted by molar-refractivity contribution is -0.174. The Morgan fingerprint density at radius 3 is 2.71 bits per heavy atom. The van der Waals surface area contributed by atoms with Crippen LogP contribution in [-0.2, 0) is 14.3 Å². The van der Waals surface area contributed by atoms with Crippen LogP contribution in [0.25, 0.3) is 0 Å². The Hall–Kier alpha value is -1.40. The van der Waals surface area contributed by atoms with Crippen molar-refractivity contribution in [3.8, 4) is 0 Å². The molecule has 6 heteroatoms. The summed E-state index contributed by atoms with van der Waals surface area (Å²) in [7, 11) is 0. The van der Waals surface area contributed by atoms with Gasteiger partial charge in [-0.25, -0.2) is 4.79 Å². The fourth-order valence-corrected chi connectivity index (χ4v) is 3.05. The molecule has 3 rings (SSSR count). The highest BCUT2D eigenvalue weighted by molar-refractivity contribution is 9.10. The third-order valence-electron chi connectivity index (χ3n) is 3.97. The van der Waals surface area contributed by atoms with Gasteiger partial charge in [0, 0.05) is 10.5 Å². The molecule has 1 aromatic carbocycles. The van der Waals surface area contributed by atoms with E-state index in [-0.39, 0.29) is 18.6 Å². The van der Waals surface area contributed by atoms with Crippen molar-refractivity contribution in [2.45, 2.75) is 38.0 Å². The number of ether oxygens (including phenoxy) is 1. The number of carbonyl (C=O) groups is 2. The average Bonchev–Trinajstić information content (AvgIpc) is 3.25. The molecule has 2 fully saturated rings. The average molecular weight is 354 g/mol. The molecule has 1 N–H and O–H groups in total. The SMILES string of the molecule is Cc1cc(C2C(C(=O)O)OCC(=O)N2C2CC2)ccc1Br. The van der Waals surface area contributed by atoms with E-state index >= 15 is 0 Å². The molecule has 1 aliphatic heterocycles.